The highest BCUT2D eigenvalue weighted by molar-refractivity contribution is 7.98. The van der Waals surface area contributed by atoms with Gasteiger partial charge in [0.25, 0.3) is 0 Å². The summed E-state index contributed by atoms with van der Waals surface area (Å²) in [5.41, 5.74) is 2.39. The number of nitrogens with one attached hydrogen (secondary N) is 1. The molecule has 1 N–H and O–H groups in total. The fourth-order valence-electron chi connectivity index (χ4n) is 3.86. The zero-order valence-corrected chi connectivity index (χ0v) is 16.3. The van der Waals surface area contributed by atoms with Gasteiger partial charge in [0.05, 0.1) is 12.0 Å². The van der Waals surface area contributed by atoms with Crippen molar-refractivity contribution in [2.75, 3.05) is 5.32 Å². The average molecular weight is 407 g/mol. The Bertz CT molecular complexity index is 1100. The number of rotatable bonds is 4. The van der Waals surface area contributed by atoms with E-state index in [-0.39, 0.29) is 23.6 Å². The molecule has 29 heavy (non-hydrogen) atoms. The smallest absolute Gasteiger partial charge is 0.227 e. The van der Waals surface area contributed by atoms with Crippen molar-refractivity contribution in [1.29, 1.82) is 0 Å². The second-order valence-electron chi connectivity index (χ2n) is 7.04. The number of hydrogen-bond donors (Lipinski definition) is 1. The SMILES string of the molecule is O=C1CCC=C2Nc3nc(SCc4ccccc4F)nn3[C@@H](c3cccnc3)[C@H]12. The molecular weight excluding hydrogens is 389 g/mol. The highest BCUT2D eigenvalue weighted by atomic mass is 32.2. The van der Waals surface area contributed by atoms with Gasteiger partial charge in [-0.3, -0.25) is 9.78 Å². The molecule has 3 aromatic rings. The van der Waals surface area contributed by atoms with Gasteiger partial charge in [-0.05, 0) is 29.7 Å². The molecule has 6 nitrogen and oxygen atoms in total. The van der Waals surface area contributed by atoms with Crippen molar-refractivity contribution in [3.63, 3.8) is 0 Å². The zero-order chi connectivity index (χ0) is 19.8. The van der Waals surface area contributed by atoms with Crippen LogP contribution in [0.2, 0.25) is 0 Å². The molecule has 146 valence electrons. The molecule has 0 saturated heterocycles. The number of pyridine rings is 1. The van der Waals surface area contributed by atoms with Crippen LogP contribution in [0.5, 0.6) is 0 Å². The molecule has 8 heteroatoms. The molecule has 0 saturated carbocycles. The number of allylic oxidation sites excluding steroid dienone is 2. The van der Waals surface area contributed by atoms with E-state index in [0.717, 1.165) is 17.7 Å². The maximum absolute atomic E-state index is 13.9. The van der Waals surface area contributed by atoms with E-state index in [9.17, 15) is 9.18 Å². The van der Waals surface area contributed by atoms with Gasteiger partial charge >= 0.3 is 0 Å². The number of hydrogen-bond acceptors (Lipinski definition) is 6. The molecule has 0 radical (unpaired) electrons. The fraction of sp³-hybridized carbons (Fsp3) is 0.238. The van der Waals surface area contributed by atoms with Crippen molar-refractivity contribution in [2.45, 2.75) is 29.8 Å². The lowest BCUT2D eigenvalue weighted by molar-refractivity contribution is -0.123. The van der Waals surface area contributed by atoms with Gasteiger partial charge in [0.15, 0.2) is 0 Å². The van der Waals surface area contributed by atoms with Gasteiger partial charge in [-0.2, -0.15) is 4.98 Å². The van der Waals surface area contributed by atoms with Gasteiger partial charge in [0, 0.05) is 30.3 Å². The number of Topliss-reactive ketones (excluding diaryl/α,β-unsaturated/α-hetero) is 1. The lowest BCUT2D eigenvalue weighted by atomic mass is 9.81. The first-order chi connectivity index (χ1) is 14.2. The van der Waals surface area contributed by atoms with Crippen LogP contribution in [0.3, 0.4) is 0 Å². The number of nitrogens with zero attached hydrogens (tertiary/aromatic N) is 4. The fourth-order valence-corrected chi connectivity index (χ4v) is 4.67. The third-order valence-corrected chi connectivity index (χ3v) is 6.11. The van der Waals surface area contributed by atoms with Gasteiger partial charge in [0.1, 0.15) is 11.6 Å². The van der Waals surface area contributed by atoms with Gasteiger partial charge in [-0.1, -0.05) is 42.1 Å². The molecule has 1 aliphatic heterocycles. The molecule has 0 fully saturated rings. The third kappa shape index (κ3) is 3.33. The minimum Gasteiger partial charge on any atom is -0.328 e. The Morgan fingerprint density at radius 3 is 2.97 bits per heavy atom. The van der Waals surface area contributed by atoms with E-state index in [4.69, 9.17) is 0 Å². The minimum absolute atomic E-state index is 0.186. The van der Waals surface area contributed by atoms with Crippen LogP contribution < -0.4 is 5.32 Å². The number of ketones is 1. The standard InChI is InChI=1S/C21H18FN5OS/c22-15-7-2-1-5-14(15)12-29-21-25-20-24-16-8-3-9-17(28)18(16)19(27(20)26-21)13-6-4-10-23-11-13/h1-2,4-8,10-11,18-19H,3,9,12H2,(H,24,25,26)/t18-,19-/m0/s1. The number of anilines is 1. The number of halogens is 1. The number of aromatic nitrogens is 4. The summed E-state index contributed by atoms with van der Waals surface area (Å²) < 4.78 is 15.7. The molecule has 2 aliphatic rings. The Labute approximate surface area is 171 Å². The van der Waals surface area contributed by atoms with Crippen LogP contribution in [-0.4, -0.2) is 25.5 Å². The summed E-state index contributed by atoms with van der Waals surface area (Å²) in [6, 6.07) is 10.2. The van der Waals surface area contributed by atoms with Crippen molar-refractivity contribution < 1.29 is 9.18 Å². The maximum atomic E-state index is 13.9. The Hall–Kier alpha value is -3.00. The molecule has 3 heterocycles. The lowest BCUT2D eigenvalue weighted by Crippen LogP contribution is -2.38. The molecule has 0 amide bonds. The molecular formula is C21H18FN5OS. The Balaban J connectivity index is 1.51. The van der Waals surface area contributed by atoms with Crippen LogP contribution in [-0.2, 0) is 10.5 Å². The molecule has 0 unspecified atom stereocenters. The topological polar surface area (TPSA) is 72.7 Å². The molecule has 5 rings (SSSR count). The summed E-state index contributed by atoms with van der Waals surface area (Å²) in [4.78, 5) is 21.6. The normalized spacial score (nSPS) is 20.4. The molecule has 1 aliphatic carbocycles. The van der Waals surface area contributed by atoms with Crippen LogP contribution in [0, 0.1) is 11.7 Å². The van der Waals surface area contributed by atoms with Crippen molar-refractivity contribution in [2.24, 2.45) is 5.92 Å². The monoisotopic (exact) mass is 407 g/mol. The third-order valence-electron chi connectivity index (χ3n) is 5.22. The summed E-state index contributed by atoms with van der Waals surface area (Å²) in [5, 5.41) is 8.47. The first-order valence-corrected chi connectivity index (χ1v) is 10.4. The predicted molar refractivity (Wildman–Crippen MR) is 108 cm³/mol. The van der Waals surface area contributed by atoms with Gasteiger partial charge < -0.3 is 5.32 Å². The first kappa shape index (κ1) is 18.1. The summed E-state index contributed by atoms with van der Waals surface area (Å²) in [6.45, 7) is 0. The van der Waals surface area contributed by atoms with Crippen molar-refractivity contribution >= 4 is 23.5 Å². The summed E-state index contributed by atoms with van der Waals surface area (Å²) in [5.74, 6) is 0.639. The molecule has 0 spiro atoms. The Morgan fingerprint density at radius 1 is 1.24 bits per heavy atom. The van der Waals surface area contributed by atoms with E-state index < -0.39 is 0 Å². The molecule has 1 aromatic carbocycles. The van der Waals surface area contributed by atoms with E-state index >= 15 is 0 Å². The predicted octanol–water partition coefficient (Wildman–Crippen LogP) is 3.98. The van der Waals surface area contributed by atoms with E-state index in [1.165, 1.54) is 17.8 Å². The second kappa shape index (κ2) is 7.44. The Morgan fingerprint density at radius 2 is 2.14 bits per heavy atom. The highest BCUT2D eigenvalue weighted by Crippen LogP contribution is 2.41. The summed E-state index contributed by atoms with van der Waals surface area (Å²) >= 11 is 1.37. The van der Waals surface area contributed by atoms with Crippen LogP contribution in [0.25, 0.3) is 0 Å². The minimum atomic E-state index is -0.327. The molecule has 0 bridgehead atoms. The van der Waals surface area contributed by atoms with Crippen LogP contribution in [0.15, 0.2) is 65.7 Å². The number of carbonyl (C=O) groups excluding carboxylic acids is 1. The van der Waals surface area contributed by atoms with Gasteiger partial charge in [0.2, 0.25) is 11.1 Å². The first-order valence-electron chi connectivity index (χ1n) is 9.43. The van der Waals surface area contributed by atoms with Crippen LogP contribution in [0.4, 0.5) is 10.3 Å². The van der Waals surface area contributed by atoms with Gasteiger partial charge in [-0.25, -0.2) is 9.07 Å². The summed E-state index contributed by atoms with van der Waals surface area (Å²) in [6.07, 6.45) is 6.79. The number of carbonyl (C=O) groups is 1. The molecule has 2 atom stereocenters. The van der Waals surface area contributed by atoms with E-state index in [0.29, 0.717) is 28.8 Å². The lowest BCUT2D eigenvalue weighted by Gasteiger charge is -2.35. The van der Waals surface area contributed by atoms with E-state index in [1.807, 2.05) is 18.2 Å². The van der Waals surface area contributed by atoms with Crippen LogP contribution >= 0.6 is 11.8 Å². The van der Waals surface area contributed by atoms with E-state index in [2.05, 4.69) is 26.5 Å². The van der Waals surface area contributed by atoms with Crippen molar-refractivity contribution in [1.82, 2.24) is 19.7 Å². The maximum Gasteiger partial charge on any atom is 0.227 e. The Kier molecular flexibility index (Phi) is 4.63. The second-order valence-corrected chi connectivity index (χ2v) is 7.98. The number of benzene rings is 1. The number of fused-ring (bicyclic) bond motifs is 2. The highest BCUT2D eigenvalue weighted by Gasteiger charge is 2.41. The summed E-state index contributed by atoms with van der Waals surface area (Å²) in [7, 11) is 0. The molecule has 2 aromatic heterocycles. The van der Waals surface area contributed by atoms with Gasteiger partial charge in [-0.15, -0.1) is 5.10 Å². The van der Waals surface area contributed by atoms with Crippen molar-refractivity contribution in [3.8, 4) is 0 Å². The van der Waals surface area contributed by atoms with E-state index in [1.54, 1.807) is 29.2 Å². The zero-order valence-electron chi connectivity index (χ0n) is 15.5. The van der Waals surface area contributed by atoms with Crippen molar-refractivity contribution in [3.05, 3.63) is 77.5 Å². The largest absolute Gasteiger partial charge is 0.328 e. The van der Waals surface area contributed by atoms with Crippen LogP contribution in [0.1, 0.15) is 30.0 Å². The number of thioether (sulfide) groups is 1. The quantitative estimate of drug-likeness (QED) is 0.660. The average Bonchev–Trinajstić information content (AvgIpc) is 3.15.